The molecule has 0 nitrogen and oxygen atoms in total. The summed E-state index contributed by atoms with van der Waals surface area (Å²) in [7, 11) is 0. The minimum Gasteiger partial charge on any atom is -1.00 e. The van der Waals surface area contributed by atoms with Crippen LogP contribution in [0.5, 0.6) is 0 Å². The van der Waals surface area contributed by atoms with Gasteiger partial charge in [-0.25, -0.2) is 19.1 Å². The smallest absolute Gasteiger partial charge is 1.00 e. The van der Waals surface area contributed by atoms with Gasteiger partial charge in [0, 0.05) is 0 Å². The van der Waals surface area contributed by atoms with Crippen LogP contribution in [0.2, 0.25) is 0 Å². The fourth-order valence-electron chi connectivity index (χ4n) is 0. The summed E-state index contributed by atoms with van der Waals surface area (Å²) in [5.41, 5.74) is 0. The maximum absolute atomic E-state index is 3.42. The first-order valence-electron chi connectivity index (χ1n) is 1.32. The molecular weight excluding hydrogens is 205 g/mol. The number of hydrogen-bond acceptors (Lipinski definition) is 0. The van der Waals surface area contributed by atoms with Crippen molar-refractivity contribution in [3.8, 4) is 0 Å². The fraction of sp³-hybridized carbons (Fsp3) is 0.200. The van der Waals surface area contributed by atoms with Crippen molar-refractivity contribution in [3.63, 3.8) is 0 Å². The van der Waals surface area contributed by atoms with Crippen LogP contribution in [-0.2, 0) is 19.5 Å². The molecule has 0 N–H and O–H groups in total. The van der Waals surface area contributed by atoms with Crippen molar-refractivity contribution in [3.05, 3.63) is 26.5 Å². The van der Waals surface area contributed by atoms with E-state index in [1.54, 1.807) is 6.08 Å². The fourth-order valence-corrected chi connectivity index (χ4v) is 0. The van der Waals surface area contributed by atoms with Crippen LogP contribution in [0.3, 0.4) is 0 Å². The van der Waals surface area contributed by atoms with Crippen LogP contribution in [0.1, 0.15) is 6.92 Å². The third-order valence-electron chi connectivity index (χ3n) is 0.236. The molecule has 0 fully saturated rings. The number of halogens is 1. The Balaban J connectivity index is -0.0000000150. The molecule has 0 atom stereocenters. The van der Waals surface area contributed by atoms with E-state index in [0.717, 1.165) is 0 Å². The van der Waals surface area contributed by atoms with Crippen LogP contribution in [0, 0.1) is 14.4 Å². The summed E-state index contributed by atoms with van der Waals surface area (Å²) < 4.78 is 0. The van der Waals surface area contributed by atoms with Gasteiger partial charge in [-0.3, -0.25) is 0 Å². The molecule has 0 rings (SSSR count). The summed E-state index contributed by atoms with van der Waals surface area (Å²) in [6, 6.07) is 0. The van der Waals surface area contributed by atoms with Gasteiger partial charge >= 0.3 is 19.5 Å². The third-order valence-corrected chi connectivity index (χ3v) is 0.236. The minimum atomic E-state index is 0. The van der Waals surface area contributed by atoms with Crippen LogP contribution < -0.4 is 17.0 Å². The Labute approximate surface area is 69.9 Å². The van der Waals surface area contributed by atoms with E-state index in [4.69, 9.17) is 0 Å². The van der Waals surface area contributed by atoms with Crippen molar-refractivity contribution < 1.29 is 36.5 Å². The standard InChI is InChI=1S/C4H7.CH3.BrH.Zn/c1-3-4-2;;;/h3-4H,1H2,2H3;1H3;1H;/q2*-1;;+2/p-1/b4-3+;;;. The Kier molecular flexibility index (Phi) is 107. The Morgan fingerprint density at radius 1 is 1.43 bits per heavy atom. The summed E-state index contributed by atoms with van der Waals surface area (Å²) in [5.74, 6) is 0. The first-order valence-corrected chi connectivity index (χ1v) is 1.32. The molecule has 0 aromatic rings. The van der Waals surface area contributed by atoms with E-state index in [1.165, 1.54) is 0 Å². The van der Waals surface area contributed by atoms with Gasteiger partial charge in [0.15, 0.2) is 0 Å². The average Bonchev–Trinajstić information content (AvgIpc) is 1.37. The second-order valence-electron chi connectivity index (χ2n) is 0.569. The van der Waals surface area contributed by atoms with Crippen LogP contribution >= 0.6 is 0 Å². The molecule has 0 saturated heterocycles. The van der Waals surface area contributed by atoms with Gasteiger partial charge in [0.25, 0.3) is 0 Å². The molecule has 0 amide bonds. The van der Waals surface area contributed by atoms with Gasteiger partial charge in [-0.05, 0) is 0 Å². The van der Waals surface area contributed by atoms with Gasteiger partial charge in [0.05, 0.1) is 0 Å². The Bertz CT molecular complexity index is 23.3. The molecule has 0 aromatic heterocycles. The largest absolute Gasteiger partial charge is 2.00 e. The van der Waals surface area contributed by atoms with E-state index >= 15 is 0 Å². The van der Waals surface area contributed by atoms with Gasteiger partial charge < -0.3 is 24.4 Å². The predicted molar refractivity (Wildman–Crippen MR) is 26.6 cm³/mol. The molecule has 0 aliphatic rings. The molecule has 0 saturated carbocycles. The van der Waals surface area contributed by atoms with Gasteiger partial charge in [-0.15, -0.1) is 6.92 Å². The Hall–Kier alpha value is 0.713. The zero-order valence-electron chi connectivity index (χ0n) is 4.95. The van der Waals surface area contributed by atoms with Gasteiger partial charge in [0.1, 0.15) is 0 Å². The quantitative estimate of drug-likeness (QED) is 0.354. The van der Waals surface area contributed by atoms with Crippen LogP contribution in [0.15, 0.2) is 12.2 Å². The zero-order chi connectivity index (χ0) is 3.41. The summed E-state index contributed by atoms with van der Waals surface area (Å²) in [6.45, 7) is 5.36. The van der Waals surface area contributed by atoms with Crippen LogP contribution in [0.4, 0.5) is 0 Å². The van der Waals surface area contributed by atoms with Crippen molar-refractivity contribution in [1.82, 2.24) is 0 Å². The molecule has 40 valence electrons. The summed E-state index contributed by atoms with van der Waals surface area (Å²) >= 11 is 0. The Morgan fingerprint density at radius 3 is 1.57 bits per heavy atom. The number of rotatable bonds is 0. The molecule has 2 heteroatoms. The average molecular weight is 215 g/mol. The molecule has 0 unspecified atom stereocenters. The van der Waals surface area contributed by atoms with Crippen molar-refractivity contribution in [2.75, 3.05) is 0 Å². The molecule has 0 aromatic carbocycles. The molecular formula is C5H10BrZn-. The predicted octanol–water partition coefficient (Wildman–Crippen LogP) is -1.15. The number of allylic oxidation sites excluding steroid dienone is 2. The van der Waals surface area contributed by atoms with E-state index in [0.29, 0.717) is 0 Å². The van der Waals surface area contributed by atoms with Crippen LogP contribution in [0.25, 0.3) is 0 Å². The second-order valence-corrected chi connectivity index (χ2v) is 0.569. The molecule has 0 bridgehead atoms. The molecule has 0 spiro atoms. The van der Waals surface area contributed by atoms with E-state index in [1.807, 2.05) is 13.0 Å². The molecule has 0 radical (unpaired) electrons. The van der Waals surface area contributed by atoms with E-state index < -0.39 is 0 Å². The topological polar surface area (TPSA) is 0 Å². The molecule has 0 aliphatic heterocycles. The second kappa shape index (κ2) is 29.8. The maximum atomic E-state index is 3.42. The molecule has 7 heavy (non-hydrogen) atoms. The summed E-state index contributed by atoms with van der Waals surface area (Å²) in [6.07, 6.45) is 3.64. The van der Waals surface area contributed by atoms with Crippen molar-refractivity contribution >= 4 is 0 Å². The summed E-state index contributed by atoms with van der Waals surface area (Å²) in [5, 5.41) is 0. The van der Waals surface area contributed by atoms with Gasteiger partial charge in [-0.1, -0.05) is 0 Å². The normalized spacial score (nSPS) is 5.29. The monoisotopic (exact) mass is 213 g/mol. The van der Waals surface area contributed by atoms with E-state index in [9.17, 15) is 0 Å². The van der Waals surface area contributed by atoms with Crippen molar-refractivity contribution in [1.29, 1.82) is 0 Å². The minimum absolute atomic E-state index is 0. The first kappa shape index (κ1) is 25.2. The van der Waals surface area contributed by atoms with Crippen LogP contribution in [-0.4, -0.2) is 0 Å². The van der Waals surface area contributed by atoms with Crippen molar-refractivity contribution in [2.45, 2.75) is 6.92 Å². The molecule has 0 aliphatic carbocycles. The Morgan fingerprint density at radius 2 is 1.57 bits per heavy atom. The van der Waals surface area contributed by atoms with Gasteiger partial charge in [-0.2, -0.15) is 0 Å². The van der Waals surface area contributed by atoms with E-state index in [2.05, 4.69) is 6.92 Å². The van der Waals surface area contributed by atoms with Crippen molar-refractivity contribution in [2.24, 2.45) is 0 Å². The summed E-state index contributed by atoms with van der Waals surface area (Å²) in [4.78, 5) is 0. The SMILES string of the molecule is [Br-].[CH2-]/C=C/C.[CH3-].[Zn+2]. The third kappa shape index (κ3) is 50.8. The first-order chi connectivity index (χ1) is 1.91. The van der Waals surface area contributed by atoms with E-state index in [-0.39, 0.29) is 43.9 Å². The van der Waals surface area contributed by atoms with Gasteiger partial charge in [0.2, 0.25) is 0 Å². The maximum Gasteiger partial charge on any atom is 2.00 e. The zero-order valence-corrected chi connectivity index (χ0v) is 9.50. The number of hydrogen-bond donors (Lipinski definition) is 0. The molecule has 0 heterocycles.